The molecule has 0 saturated carbocycles. The van der Waals surface area contributed by atoms with Crippen LogP contribution in [0.5, 0.6) is 0 Å². The maximum Gasteiger partial charge on any atom is 0.226 e. The van der Waals surface area contributed by atoms with Crippen LogP contribution in [0, 0.1) is 5.92 Å². The molecule has 0 aliphatic carbocycles. The molecule has 1 N–H and O–H groups in total. The van der Waals surface area contributed by atoms with Crippen molar-refractivity contribution in [2.45, 2.75) is 26.7 Å². The first-order valence-corrected chi connectivity index (χ1v) is 7.71. The monoisotopic (exact) mass is 308 g/mol. The summed E-state index contributed by atoms with van der Waals surface area (Å²) in [7, 11) is 0. The van der Waals surface area contributed by atoms with Gasteiger partial charge in [-0.1, -0.05) is 37.6 Å². The second-order valence-electron chi connectivity index (χ2n) is 5.08. The van der Waals surface area contributed by atoms with Crippen molar-refractivity contribution >= 4 is 34.0 Å². The van der Waals surface area contributed by atoms with E-state index in [2.05, 4.69) is 10.3 Å². The highest BCUT2D eigenvalue weighted by atomic mass is 35.5. The van der Waals surface area contributed by atoms with E-state index in [-0.39, 0.29) is 5.91 Å². The Labute approximate surface area is 128 Å². The van der Waals surface area contributed by atoms with Crippen molar-refractivity contribution in [1.29, 1.82) is 0 Å². The molecule has 2 aromatic rings. The number of rotatable bonds is 5. The van der Waals surface area contributed by atoms with Gasteiger partial charge in [-0.15, -0.1) is 11.3 Å². The lowest BCUT2D eigenvalue weighted by atomic mass is 10.1. The molecule has 1 amide bonds. The summed E-state index contributed by atoms with van der Waals surface area (Å²) in [5, 5.41) is 4.24. The Hall–Kier alpha value is -1.39. The van der Waals surface area contributed by atoms with Gasteiger partial charge in [0, 0.05) is 28.9 Å². The van der Waals surface area contributed by atoms with Gasteiger partial charge in [-0.25, -0.2) is 4.98 Å². The predicted octanol–water partition coefficient (Wildman–Crippen LogP) is 4.37. The van der Waals surface area contributed by atoms with E-state index in [9.17, 15) is 4.79 Å². The number of aromatic nitrogens is 1. The third-order valence-electron chi connectivity index (χ3n) is 2.69. The van der Waals surface area contributed by atoms with Crippen molar-refractivity contribution in [1.82, 2.24) is 4.98 Å². The van der Waals surface area contributed by atoms with Crippen molar-refractivity contribution in [3.8, 4) is 0 Å². The zero-order valence-corrected chi connectivity index (χ0v) is 13.1. The second-order valence-corrected chi connectivity index (χ2v) is 6.63. The molecule has 0 spiro atoms. The molecule has 106 valence electrons. The Morgan fingerprint density at radius 1 is 1.35 bits per heavy atom. The van der Waals surface area contributed by atoms with Gasteiger partial charge in [-0.05, 0) is 23.6 Å². The number of anilines is 1. The van der Waals surface area contributed by atoms with Crippen LogP contribution in [0.25, 0.3) is 0 Å². The lowest BCUT2D eigenvalue weighted by Gasteiger charge is -2.03. The normalized spacial score (nSPS) is 10.8. The van der Waals surface area contributed by atoms with Crippen molar-refractivity contribution in [2.24, 2.45) is 5.92 Å². The van der Waals surface area contributed by atoms with Gasteiger partial charge in [0.25, 0.3) is 0 Å². The molecule has 1 aromatic carbocycles. The summed E-state index contributed by atoms with van der Waals surface area (Å²) in [6, 6.07) is 7.75. The number of carbonyl (C=O) groups is 1. The molecule has 3 nitrogen and oxygen atoms in total. The van der Waals surface area contributed by atoms with Gasteiger partial charge in [-0.3, -0.25) is 4.79 Å². The molecule has 2 rings (SSSR count). The number of hydrogen-bond acceptors (Lipinski definition) is 3. The SMILES string of the molecule is CC(C)CC(=O)Nc1ncc(Cc2ccc(Cl)cc2)s1. The molecular weight excluding hydrogens is 292 g/mol. The molecule has 0 unspecified atom stereocenters. The van der Waals surface area contributed by atoms with E-state index >= 15 is 0 Å². The fourth-order valence-corrected chi connectivity index (χ4v) is 2.78. The number of nitrogens with zero attached hydrogens (tertiary/aromatic N) is 1. The van der Waals surface area contributed by atoms with E-state index in [1.54, 1.807) is 0 Å². The summed E-state index contributed by atoms with van der Waals surface area (Å²) in [5.74, 6) is 0.371. The number of hydrogen-bond donors (Lipinski definition) is 1. The summed E-state index contributed by atoms with van der Waals surface area (Å²) in [6.45, 7) is 4.04. The summed E-state index contributed by atoms with van der Waals surface area (Å²) in [5.41, 5.74) is 1.18. The molecule has 0 bridgehead atoms. The quantitative estimate of drug-likeness (QED) is 0.891. The van der Waals surface area contributed by atoms with Gasteiger partial charge in [-0.2, -0.15) is 0 Å². The van der Waals surface area contributed by atoms with Crippen LogP contribution in [0.4, 0.5) is 5.13 Å². The summed E-state index contributed by atoms with van der Waals surface area (Å²) < 4.78 is 0. The first-order valence-electron chi connectivity index (χ1n) is 6.52. The zero-order valence-electron chi connectivity index (χ0n) is 11.5. The second kappa shape index (κ2) is 6.86. The van der Waals surface area contributed by atoms with Gasteiger partial charge in [0.05, 0.1) is 0 Å². The van der Waals surface area contributed by atoms with Crippen LogP contribution in [0.2, 0.25) is 5.02 Å². The molecule has 0 radical (unpaired) electrons. The Morgan fingerprint density at radius 2 is 2.05 bits per heavy atom. The van der Waals surface area contributed by atoms with E-state index in [1.165, 1.54) is 16.9 Å². The van der Waals surface area contributed by atoms with Gasteiger partial charge in [0.1, 0.15) is 0 Å². The number of halogens is 1. The summed E-state index contributed by atoms with van der Waals surface area (Å²) >= 11 is 7.37. The van der Waals surface area contributed by atoms with E-state index in [1.807, 2.05) is 44.3 Å². The lowest BCUT2D eigenvalue weighted by Crippen LogP contribution is -2.13. The number of nitrogens with one attached hydrogen (secondary N) is 1. The van der Waals surface area contributed by atoms with Gasteiger partial charge >= 0.3 is 0 Å². The number of benzene rings is 1. The molecule has 5 heteroatoms. The van der Waals surface area contributed by atoms with Gasteiger partial charge < -0.3 is 5.32 Å². The minimum atomic E-state index is 0.0207. The van der Waals surface area contributed by atoms with E-state index in [0.717, 1.165) is 16.3 Å². The fourth-order valence-electron chi connectivity index (χ4n) is 1.79. The number of thiazole rings is 1. The van der Waals surface area contributed by atoms with Gasteiger partial charge in [0.2, 0.25) is 5.91 Å². The molecule has 0 saturated heterocycles. The van der Waals surface area contributed by atoms with Crippen LogP contribution < -0.4 is 5.32 Å². The van der Waals surface area contributed by atoms with Crippen LogP contribution in [0.15, 0.2) is 30.5 Å². The summed E-state index contributed by atoms with van der Waals surface area (Å²) in [6.07, 6.45) is 3.13. The van der Waals surface area contributed by atoms with Crippen molar-refractivity contribution in [3.05, 3.63) is 45.9 Å². The smallest absolute Gasteiger partial charge is 0.226 e. The van der Waals surface area contributed by atoms with E-state index in [4.69, 9.17) is 11.6 Å². The highest BCUT2D eigenvalue weighted by molar-refractivity contribution is 7.15. The molecule has 0 fully saturated rings. The molecule has 0 aliphatic heterocycles. The Bertz CT molecular complexity index is 578. The van der Waals surface area contributed by atoms with Crippen molar-refractivity contribution < 1.29 is 4.79 Å². The van der Waals surface area contributed by atoms with Crippen LogP contribution in [0.3, 0.4) is 0 Å². The van der Waals surface area contributed by atoms with E-state index in [0.29, 0.717) is 17.5 Å². The first kappa shape index (κ1) is 15.0. The predicted molar refractivity (Wildman–Crippen MR) is 84.5 cm³/mol. The summed E-state index contributed by atoms with van der Waals surface area (Å²) in [4.78, 5) is 17.0. The lowest BCUT2D eigenvalue weighted by molar-refractivity contribution is -0.116. The molecular formula is C15H17ClN2OS. The molecule has 1 heterocycles. The topological polar surface area (TPSA) is 42.0 Å². The largest absolute Gasteiger partial charge is 0.302 e. The maximum absolute atomic E-state index is 11.7. The van der Waals surface area contributed by atoms with Crippen molar-refractivity contribution in [2.75, 3.05) is 5.32 Å². The fraction of sp³-hybridized carbons (Fsp3) is 0.333. The maximum atomic E-state index is 11.7. The average Bonchev–Trinajstić information content (AvgIpc) is 2.78. The highest BCUT2D eigenvalue weighted by Crippen LogP contribution is 2.22. The molecule has 1 aromatic heterocycles. The highest BCUT2D eigenvalue weighted by Gasteiger charge is 2.08. The minimum absolute atomic E-state index is 0.0207. The Balaban J connectivity index is 1.95. The standard InChI is InChI=1S/C15H17ClN2OS/c1-10(2)7-14(19)18-15-17-9-13(20-15)8-11-3-5-12(16)6-4-11/h3-6,9-10H,7-8H2,1-2H3,(H,17,18,19). The van der Waals surface area contributed by atoms with E-state index < -0.39 is 0 Å². The Morgan fingerprint density at radius 3 is 2.70 bits per heavy atom. The van der Waals surface area contributed by atoms with Crippen LogP contribution in [-0.2, 0) is 11.2 Å². The number of carbonyl (C=O) groups excluding carboxylic acids is 1. The third kappa shape index (κ3) is 4.62. The molecule has 0 atom stereocenters. The van der Waals surface area contributed by atoms with Crippen LogP contribution >= 0.6 is 22.9 Å². The average molecular weight is 309 g/mol. The molecule has 0 aliphatic rings. The molecule has 20 heavy (non-hydrogen) atoms. The van der Waals surface area contributed by atoms with Crippen LogP contribution in [-0.4, -0.2) is 10.9 Å². The van der Waals surface area contributed by atoms with Crippen LogP contribution in [0.1, 0.15) is 30.7 Å². The van der Waals surface area contributed by atoms with Crippen molar-refractivity contribution in [3.63, 3.8) is 0 Å². The Kier molecular flexibility index (Phi) is 5.15. The zero-order chi connectivity index (χ0) is 14.5. The third-order valence-corrected chi connectivity index (χ3v) is 3.85. The first-order chi connectivity index (χ1) is 9.52. The minimum Gasteiger partial charge on any atom is -0.302 e. The van der Waals surface area contributed by atoms with Gasteiger partial charge in [0.15, 0.2) is 5.13 Å². The number of amides is 1.